The monoisotopic (exact) mass is 532 g/mol. The molecule has 0 fully saturated rings. The van der Waals surface area contributed by atoms with E-state index in [4.69, 9.17) is 5.73 Å². The smallest absolute Gasteiger partial charge is 0.326 e. The molecule has 4 atom stereocenters. The van der Waals surface area contributed by atoms with Crippen molar-refractivity contribution in [2.45, 2.75) is 57.3 Å². The van der Waals surface area contributed by atoms with Crippen molar-refractivity contribution in [2.75, 3.05) is 12.0 Å². The summed E-state index contributed by atoms with van der Waals surface area (Å²) in [7, 11) is 0. The molecule has 1 aromatic carbocycles. The molecule has 0 aliphatic rings. The van der Waals surface area contributed by atoms with Gasteiger partial charge >= 0.3 is 5.97 Å². The third-order valence-corrected chi connectivity index (χ3v) is 6.37. The molecule has 12 heteroatoms. The molecule has 0 aliphatic carbocycles. The van der Waals surface area contributed by atoms with Crippen LogP contribution in [0.3, 0.4) is 0 Å². The number of carboxylic acid groups (broad SMARTS) is 1. The summed E-state index contributed by atoms with van der Waals surface area (Å²) in [6.07, 6.45) is 5.61. The van der Waals surface area contributed by atoms with Crippen molar-refractivity contribution in [1.29, 1.82) is 0 Å². The Balaban J connectivity index is 2.18. The van der Waals surface area contributed by atoms with Crippen LogP contribution in [0.2, 0.25) is 0 Å². The Morgan fingerprint density at radius 3 is 2.22 bits per heavy atom. The number of carbonyl (C=O) groups is 4. The number of thioether (sulfide) groups is 1. The Labute approximate surface area is 220 Å². The Hall–Kier alpha value is -3.38. The van der Waals surface area contributed by atoms with Crippen molar-refractivity contribution < 1.29 is 24.3 Å². The molecule has 2 rings (SSSR count). The minimum absolute atomic E-state index is 0.144. The van der Waals surface area contributed by atoms with Crippen molar-refractivity contribution in [3.63, 3.8) is 0 Å². The number of benzene rings is 1. The number of carbonyl (C=O) groups excluding carboxylic acids is 3. The molecule has 1 aromatic heterocycles. The third kappa shape index (κ3) is 9.89. The second-order valence-electron chi connectivity index (χ2n) is 9.05. The van der Waals surface area contributed by atoms with E-state index in [9.17, 15) is 24.3 Å². The topological polar surface area (TPSA) is 179 Å². The molecule has 0 saturated carbocycles. The number of H-pyrrole nitrogens is 1. The van der Waals surface area contributed by atoms with E-state index in [-0.39, 0.29) is 18.8 Å². The molecule has 4 unspecified atom stereocenters. The zero-order valence-corrected chi connectivity index (χ0v) is 22.1. The summed E-state index contributed by atoms with van der Waals surface area (Å²) in [5.41, 5.74) is 7.50. The number of nitrogens with one attached hydrogen (secondary N) is 4. The molecule has 202 valence electrons. The highest BCUT2D eigenvalue weighted by atomic mass is 32.2. The summed E-state index contributed by atoms with van der Waals surface area (Å²) in [5.74, 6) is -2.62. The van der Waals surface area contributed by atoms with E-state index < -0.39 is 47.9 Å². The average Bonchev–Trinajstić information content (AvgIpc) is 3.37. The van der Waals surface area contributed by atoms with Gasteiger partial charge in [-0.2, -0.15) is 11.8 Å². The molecule has 2 aromatic rings. The Kier molecular flexibility index (Phi) is 12.1. The Morgan fingerprint density at radius 1 is 1.00 bits per heavy atom. The van der Waals surface area contributed by atoms with E-state index >= 15 is 0 Å². The Morgan fingerprint density at radius 2 is 1.65 bits per heavy atom. The van der Waals surface area contributed by atoms with Gasteiger partial charge in [-0.15, -0.1) is 0 Å². The first-order valence-electron chi connectivity index (χ1n) is 12.0. The zero-order chi connectivity index (χ0) is 27.4. The van der Waals surface area contributed by atoms with E-state index in [2.05, 4.69) is 25.9 Å². The molecular formula is C25H36N6O5S. The summed E-state index contributed by atoms with van der Waals surface area (Å²) in [6, 6.07) is 5.06. The third-order valence-electron chi connectivity index (χ3n) is 5.72. The minimum atomic E-state index is -1.16. The van der Waals surface area contributed by atoms with Gasteiger partial charge in [0, 0.05) is 24.7 Å². The highest BCUT2D eigenvalue weighted by molar-refractivity contribution is 7.98. The lowest BCUT2D eigenvalue weighted by Crippen LogP contribution is -2.58. The molecule has 0 radical (unpaired) electrons. The summed E-state index contributed by atoms with van der Waals surface area (Å²) >= 11 is 1.51. The average molecular weight is 533 g/mol. The number of aliphatic carboxylic acids is 1. The van der Waals surface area contributed by atoms with Crippen LogP contribution in [0.1, 0.15) is 31.5 Å². The second kappa shape index (κ2) is 15.0. The lowest BCUT2D eigenvalue weighted by atomic mass is 10.0. The summed E-state index contributed by atoms with van der Waals surface area (Å²) < 4.78 is 0. The number of aromatic amines is 1. The van der Waals surface area contributed by atoms with Gasteiger partial charge in [0.05, 0.1) is 12.4 Å². The number of carboxylic acids is 1. The molecular weight excluding hydrogens is 496 g/mol. The lowest BCUT2D eigenvalue weighted by Gasteiger charge is -2.26. The fourth-order valence-corrected chi connectivity index (χ4v) is 4.08. The van der Waals surface area contributed by atoms with Crippen LogP contribution < -0.4 is 21.7 Å². The number of nitrogens with two attached hydrogens (primary N) is 1. The summed E-state index contributed by atoms with van der Waals surface area (Å²) in [5, 5.41) is 17.5. The molecule has 11 nitrogen and oxygen atoms in total. The van der Waals surface area contributed by atoms with Gasteiger partial charge in [-0.1, -0.05) is 44.2 Å². The first-order chi connectivity index (χ1) is 17.6. The van der Waals surface area contributed by atoms with Crippen LogP contribution in [0.25, 0.3) is 0 Å². The van der Waals surface area contributed by atoms with Gasteiger partial charge in [0.25, 0.3) is 0 Å². The van der Waals surface area contributed by atoms with E-state index in [0.717, 1.165) is 5.56 Å². The molecule has 7 N–H and O–H groups in total. The molecule has 0 bridgehead atoms. The number of amides is 3. The number of nitrogens with zero attached hydrogens (tertiary/aromatic N) is 1. The molecule has 0 aliphatic heterocycles. The number of hydrogen-bond acceptors (Lipinski definition) is 7. The van der Waals surface area contributed by atoms with Crippen LogP contribution >= 0.6 is 11.8 Å². The van der Waals surface area contributed by atoms with E-state index in [1.807, 2.05) is 36.6 Å². The number of aromatic nitrogens is 2. The minimum Gasteiger partial charge on any atom is -0.480 e. The first-order valence-corrected chi connectivity index (χ1v) is 13.4. The van der Waals surface area contributed by atoms with Gasteiger partial charge in [0.2, 0.25) is 17.7 Å². The quantitative estimate of drug-likeness (QED) is 0.191. The van der Waals surface area contributed by atoms with Gasteiger partial charge in [-0.25, -0.2) is 9.78 Å². The van der Waals surface area contributed by atoms with Crippen LogP contribution in [-0.4, -0.2) is 74.9 Å². The molecule has 37 heavy (non-hydrogen) atoms. The fraction of sp³-hybridized carbons (Fsp3) is 0.480. The van der Waals surface area contributed by atoms with Crippen LogP contribution in [-0.2, 0) is 32.0 Å². The first kappa shape index (κ1) is 29.8. The highest BCUT2D eigenvalue weighted by Gasteiger charge is 2.31. The normalized spacial score (nSPS) is 14.3. The summed E-state index contributed by atoms with van der Waals surface area (Å²) in [6.45, 7) is 3.37. The predicted octanol–water partition coefficient (Wildman–Crippen LogP) is 0.470. The van der Waals surface area contributed by atoms with E-state index in [1.165, 1.54) is 18.1 Å². The van der Waals surface area contributed by atoms with Crippen LogP contribution in [0.4, 0.5) is 0 Å². The van der Waals surface area contributed by atoms with Crippen molar-refractivity contribution in [2.24, 2.45) is 11.7 Å². The maximum Gasteiger partial charge on any atom is 0.326 e. The standard InChI is InChI=1S/C25H36N6O5S/c1-15(2)21(25(35)36)31-24(34)20(11-16-7-5-4-6-8-16)30-23(33)19(9-10-37-3)29-22(32)18(26)12-17-13-27-14-28-17/h4-8,13-15,18-21H,9-12,26H2,1-3H3,(H,27,28)(H,29,32)(H,30,33)(H,31,34)(H,35,36). The SMILES string of the molecule is CSCCC(NC(=O)C(N)Cc1cnc[nH]1)C(=O)NC(Cc1ccccc1)C(=O)NC(C(=O)O)C(C)C. The largest absolute Gasteiger partial charge is 0.480 e. The van der Waals surface area contributed by atoms with E-state index in [1.54, 1.807) is 20.0 Å². The van der Waals surface area contributed by atoms with Crippen LogP contribution in [0.5, 0.6) is 0 Å². The second-order valence-corrected chi connectivity index (χ2v) is 10.0. The molecule has 1 heterocycles. The van der Waals surface area contributed by atoms with E-state index in [0.29, 0.717) is 17.9 Å². The predicted molar refractivity (Wildman–Crippen MR) is 142 cm³/mol. The van der Waals surface area contributed by atoms with Crippen LogP contribution in [0.15, 0.2) is 42.9 Å². The van der Waals surface area contributed by atoms with Gasteiger partial charge in [-0.05, 0) is 29.9 Å². The molecule has 0 spiro atoms. The zero-order valence-electron chi connectivity index (χ0n) is 21.3. The molecule has 0 saturated heterocycles. The van der Waals surface area contributed by atoms with Crippen molar-refractivity contribution >= 4 is 35.5 Å². The fourth-order valence-electron chi connectivity index (χ4n) is 3.61. The van der Waals surface area contributed by atoms with Gasteiger partial charge < -0.3 is 31.8 Å². The number of imidazole rings is 1. The van der Waals surface area contributed by atoms with Crippen molar-refractivity contribution in [1.82, 2.24) is 25.9 Å². The number of rotatable bonds is 15. The lowest BCUT2D eigenvalue weighted by molar-refractivity contribution is -0.143. The van der Waals surface area contributed by atoms with Gasteiger partial charge in [0.15, 0.2) is 0 Å². The van der Waals surface area contributed by atoms with Crippen molar-refractivity contribution in [3.8, 4) is 0 Å². The van der Waals surface area contributed by atoms with Crippen molar-refractivity contribution in [3.05, 3.63) is 54.1 Å². The van der Waals surface area contributed by atoms with Gasteiger partial charge in [0.1, 0.15) is 18.1 Å². The maximum absolute atomic E-state index is 13.3. The highest BCUT2D eigenvalue weighted by Crippen LogP contribution is 2.09. The van der Waals surface area contributed by atoms with Gasteiger partial charge in [-0.3, -0.25) is 14.4 Å². The maximum atomic E-state index is 13.3. The number of hydrogen-bond donors (Lipinski definition) is 6. The Bertz CT molecular complexity index is 1020. The van der Waals surface area contributed by atoms with Crippen LogP contribution in [0, 0.1) is 5.92 Å². The molecule has 3 amide bonds. The summed E-state index contributed by atoms with van der Waals surface area (Å²) in [4.78, 5) is 57.6.